The van der Waals surface area contributed by atoms with Gasteiger partial charge in [0.15, 0.2) is 0 Å². The summed E-state index contributed by atoms with van der Waals surface area (Å²) < 4.78 is 72.8. The molecule has 1 aromatic rings. The number of H-pyrrole nitrogens is 1. The van der Waals surface area contributed by atoms with Gasteiger partial charge in [-0.2, -0.15) is 13.2 Å². The molecule has 182 valence electrons. The number of fused-ring (bicyclic) bond motifs is 1. The van der Waals surface area contributed by atoms with E-state index in [1.165, 1.54) is 6.92 Å². The molecule has 1 aromatic heterocycles. The fraction of sp³-hybridized carbons (Fsp3) is 0.647. The number of carbonyl (C=O) groups excluding carboxylic acids is 2. The Labute approximate surface area is 184 Å². The van der Waals surface area contributed by atoms with Crippen LogP contribution < -0.4 is 16.3 Å². The number of ether oxygens (including phenoxy) is 3. The Hall–Kier alpha value is -2.61. The number of aromatic nitrogens is 2. The smallest absolute Gasteiger partial charge is 0.464 e. The summed E-state index contributed by atoms with van der Waals surface area (Å²) in [6.45, 7) is 0.852. The standard InChI is InChI=1S/C17H19F3N3O9P/c1-8-15(26)29-4-2-3-13(24)32-10-5-12(31-11(10)7-30-33(28)22-8)23-6-9(17(18,19)20)14(25)21-16(23)27/h6,8,10-12H,2-5,7H2,1H3,(H-,21,22,25,27,28)/p+1/t8-,10-,11+,12+/m0/s1. The van der Waals surface area contributed by atoms with Crippen LogP contribution in [0.15, 0.2) is 15.8 Å². The highest BCUT2D eigenvalue weighted by Gasteiger charge is 2.43. The van der Waals surface area contributed by atoms with E-state index in [1.807, 2.05) is 0 Å². The predicted molar refractivity (Wildman–Crippen MR) is 101 cm³/mol. The van der Waals surface area contributed by atoms with Crippen LogP contribution in [-0.2, 0) is 39.1 Å². The zero-order valence-corrected chi connectivity index (χ0v) is 18.0. The van der Waals surface area contributed by atoms with Crippen LogP contribution in [0, 0.1) is 0 Å². The van der Waals surface area contributed by atoms with Gasteiger partial charge in [0.25, 0.3) is 5.56 Å². The number of carbonyl (C=O) groups is 2. The van der Waals surface area contributed by atoms with E-state index in [0.29, 0.717) is 10.8 Å². The number of hydrogen-bond acceptors (Lipinski definition) is 9. The lowest BCUT2D eigenvalue weighted by Crippen LogP contribution is -2.36. The highest BCUT2D eigenvalue weighted by molar-refractivity contribution is 7.36. The SMILES string of the molecule is C[C@@H]1N[P+](=O)OC[C@H]2O[C@@H](n3cc(C(F)(F)F)c(=O)[nH]c3=O)C[C@@H]2OC(=O)CCCOC1=O. The lowest BCUT2D eigenvalue weighted by molar-refractivity contribution is -0.155. The summed E-state index contributed by atoms with van der Waals surface area (Å²) >= 11 is 0. The fourth-order valence-corrected chi connectivity index (χ4v) is 3.96. The zero-order chi connectivity index (χ0) is 24.3. The average Bonchev–Trinajstić information content (AvgIpc) is 3.10. The Bertz CT molecular complexity index is 1040. The van der Waals surface area contributed by atoms with Crippen LogP contribution in [0.3, 0.4) is 0 Å². The summed E-state index contributed by atoms with van der Waals surface area (Å²) in [4.78, 5) is 49.2. The van der Waals surface area contributed by atoms with E-state index in [2.05, 4.69) is 5.09 Å². The molecule has 2 saturated heterocycles. The van der Waals surface area contributed by atoms with Gasteiger partial charge in [-0.05, 0) is 17.9 Å². The third kappa shape index (κ3) is 6.25. The first-order valence-corrected chi connectivity index (χ1v) is 10.9. The van der Waals surface area contributed by atoms with E-state index in [0.717, 1.165) is 0 Å². The number of cyclic esters (lactones) is 1. The van der Waals surface area contributed by atoms with Gasteiger partial charge in [0.1, 0.15) is 36.6 Å². The normalized spacial score (nSPS) is 29.0. The maximum absolute atomic E-state index is 13.1. The van der Waals surface area contributed by atoms with Crippen molar-refractivity contribution in [3.05, 3.63) is 32.6 Å². The van der Waals surface area contributed by atoms with Crippen LogP contribution in [-0.4, -0.2) is 53.0 Å². The molecule has 33 heavy (non-hydrogen) atoms. The molecule has 0 aromatic carbocycles. The van der Waals surface area contributed by atoms with E-state index >= 15 is 0 Å². The van der Waals surface area contributed by atoms with Gasteiger partial charge in [-0.25, -0.2) is 4.79 Å². The molecular weight excluding hydrogens is 478 g/mol. The van der Waals surface area contributed by atoms with E-state index < -0.39 is 74.2 Å². The van der Waals surface area contributed by atoms with Crippen LogP contribution >= 0.6 is 8.18 Å². The van der Waals surface area contributed by atoms with Gasteiger partial charge in [0.05, 0.1) is 6.61 Å². The molecule has 0 spiro atoms. The van der Waals surface area contributed by atoms with Crippen molar-refractivity contribution < 1.29 is 46.1 Å². The Balaban J connectivity index is 1.84. The lowest BCUT2D eigenvalue weighted by atomic mass is 10.2. The van der Waals surface area contributed by atoms with Crippen LogP contribution in [0.2, 0.25) is 0 Å². The second-order valence-electron chi connectivity index (χ2n) is 7.27. The minimum Gasteiger partial charge on any atom is -0.464 e. The van der Waals surface area contributed by atoms with Crippen molar-refractivity contribution in [2.75, 3.05) is 13.2 Å². The molecule has 5 atom stereocenters. The maximum atomic E-state index is 13.1. The fourth-order valence-electron chi connectivity index (χ4n) is 3.18. The summed E-state index contributed by atoms with van der Waals surface area (Å²) in [6, 6.07) is -0.975. The quantitative estimate of drug-likeness (QED) is 0.419. The number of aromatic amines is 1. The Morgan fingerprint density at radius 3 is 2.61 bits per heavy atom. The molecule has 0 amide bonds. The monoisotopic (exact) mass is 498 g/mol. The molecule has 0 radical (unpaired) electrons. The van der Waals surface area contributed by atoms with E-state index in [-0.39, 0.29) is 25.9 Å². The van der Waals surface area contributed by atoms with Gasteiger partial charge in [0.2, 0.25) is 0 Å². The van der Waals surface area contributed by atoms with Gasteiger partial charge >= 0.3 is 32.0 Å². The molecule has 0 aliphatic carbocycles. The Morgan fingerprint density at radius 2 is 1.91 bits per heavy atom. The van der Waals surface area contributed by atoms with Crippen molar-refractivity contribution in [3.63, 3.8) is 0 Å². The molecule has 2 fully saturated rings. The van der Waals surface area contributed by atoms with Crippen molar-refractivity contribution in [1.82, 2.24) is 14.6 Å². The minimum atomic E-state index is -5.03. The topological polar surface area (TPSA) is 155 Å². The molecular formula is C17H20F3N3O9P+. The van der Waals surface area contributed by atoms with Gasteiger partial charge in [0, 0.05) is 19.0 Å². The second-order valence-corrected chi connectivity index (χ2v) is 8.31. The maximum Gasteiger partial charge on any atom is 0.613 e. The van der Waals surface area contributed by atoms with Crippen LogP contribution in [0.4, 0.5) is 13.2 Å². The minimum absolute atomic E-state index is 0.0994. The van der Waals surface area contributed by atoms with Crippen molar-refractivity contribution in [3.8, 4) is 0 Å². The third-order valence-electron chi connectivity index (χ3n) is 4.82. The van der Waals surface area contributed by atoms with Gasteiger partial charge < -0.3 is 14.2 Å². The molecule has 1 unspecified atom stereocenters. The van der Waals surface area contributed by atoms with Crippen molar-refractivity contribution in [1.29, 1.82) is 0 Å². The molecule has 2 aliphatic heterocycles. The number of nitrogens with zero attached hydrogens (tertiary/aromatic N) is 1. The van der Waals surface area contributed by atoms with Crippen LogP contribution in [0.5, 0.6) is 0 Å². The van der Waals surface area contributed by atoms with E-state index in [4.69, 9.17) is 18.7 Å². The van der Waals surface area contributed by atoms with Gasteiger partial charge in [-0.15, -0.1) is 4.52 Å². The van der Waals surface area contributed by atoms with Gasteiger partial charge in [-0.1, -0.05) is 5.09 Å². The largest absolute Gasteiger partial charge is 0.613 e. The molecule has 3 heterocycles. The molecule has 16 heteroatoms. The summed E-state index contributed by atoms with van der Waals surface area (Å²) in [5.41, 5.74) is -4.37. The molecule has 2 N–H and O–H groups in total. The summed E-state index contributed by atoms with van der Waals surface area (Å²) in [5, 5.41) is 2.38. The van der Waals surface area contributed by atoms with E-state index in [9.17, 15) is 36.9 Å². The van der Waals surface area contributed by atoms with Crippen LogP contribution in [0.1, 0.15) is 38.0 Å². The molecule has 0 saturated carbocycles. The lowest BCUT2D eigenvalue weighted by Gasteiger charge is -2.17. The molecule has 0 bridgehead atoms. The second kappa shape index (κ2) is 10.1. The summed E-state index contributed by atoms with van der Waals surface area (Å²) in [6.07, 6.45) is -8.43. The Kier molecular flexibility index (Phi) is 7.67. The number of rotatable bonds is 1. The number of halogens is 3. The number of esters is 2. The van der Waals surface area contributed by atoms with Crippen LogP contribution in [0.25, 0.3) is 0 Å². The summed E-state index contributed by atoms with van der Waals surface area (Å²) in [7, 11) is -2.59. The zero-order valence-electron chi connectivity index (χ0n) is 17.1. The first-order chi connectivity index (χ1) is 15.5. The number of alkyl halides is 3. The highest BCUT2D eigenvalue weighted by Crippen LogP contribution is 2.33. The van der Waals surface area contributed by atoms with Crippen molar-refractivity contribution in [2.24, 2.45) is 0 Å². The Morgan fingerprint density at radius 1 is 1.18 bits per heavy atom. The van der Waals surface area contributed by atoms with Gasteiger partial charge in [-0.3, -0.25) is 23.9 Å². The average molecular weight is 498 g/mol. The first kappa shape index (κ1) is 25.0. The third-order valence-corrected chi connectivity index (χ3v) is 5.81. The number of hydrogen-bond donors (Lipinski definition) is 2. The summed E-state index contributed by atoms with van der Waals surface area (Å²) in [5.74, 6) is -1.41. The molecule has 2 aliphatic rings. The first-order valence-electron chi connectivity index (χ1n) is 9.76. The van der Waals surface area contributed by atoms with Crippen molar-refractivity contribution in [2.45, 2.75) is 56.8 Å². The molecule has 3 rings (SSSR count). The molecule has 12 nitrogen and oxygen atoms in total. The predicted octanol–water partition coefficient (Wildman–Crippen LogP) is 0.744. The van der Waals surface area contributed by atoms with E-state index in [1.54, 1.807) is 4.98 Å². The van der Waals surface area contributed by atoms with Crippen molar-refractivity contribution >= 4 is 20.1 Å². The number of nitrogens with one attached hydrogen (secondary N) is 2. The highest BCUT2D eigenvalue weighted by atomic mass is 31.1.